The van der Waals surface area contributed by atoms with Gasteiger partial charge in [-0.1, -0.05) is 5.16 Å². The molecule has 1 rings (SSSR count). The van der Waals surface area contributed by atoms with E-state index in [9.17, 15) is 9.59 Å². The van der Waals surface area contributed by atoms with Gasteiger partial charge in [-0.15, -0.1) is 0 Å². The van der Waals surface area contributed by atoms with Crippen molar-refractivity contribution in [2.45, 2.75) is 33.7 Å². The first-order valence-corrected chi connectivity index (χ1v) is 6.55. The zero-order valence-corrected chi connectivity index (χ0v) is 12.3. The van der Waals surface area contributed by atoms with Gasteiger partial charge in [0.1, 0.15) is 0 Å². The summed E-state index contributed by atoms with van der Waals surface area (Å²) in [7, 11) is 0. The highest BCUT2D eigenvalue weighted by atomic mass is 16.5. The molecule has 0 radical (unpaired) electrons. The fraction of sp³-hybridized carbons (Fsp3) is 0.615. The number of hydrogen-bond acceptors (Lipinski definition) is 6. The van der Waals surface area contributed by atoms with Crippen LogP contribution in [0.2, 0.25) is 0 Å². The van der Waals surface area contributed by atoms with E-state index in [2.05, 4.69) is 10.5 Å². The highest BCUT2D eigenvalue weighted by Crippen LogP contribution is 2.08. The second-order valence-corrected chi connectivity index (χ2v) is 4.68. The highest BCUT2D eigenvalue weighted by molar-refractivity contribution is 5.91. The molecule has 0 aliphatic rings. The molecule has 0 aliphatic carbocycles. The summed E-state index contributed by atoms with van der Waals surface area (Å²) in [6.45, 7) is 7.81. The summed E-state index contributed by atoms with van der Waals surface area (Å²) in [5, 5.41) is 6.27. The van der Waals surface area contributed by atoms with Gasteiger partial charge in [-0.05, 0) is 27.7 Å². The summed E-state index contributed by atoms with van der Waals surface area (Å²) >= 11 is 0. The third-order valence-corrected chi connectivity index (χ3v) is 2.61. The Morgan fingerprint density at radius 3 is 2.65 bits per heavy atom. The summed E-state index contributed by atoms with van der Waals surface area (Å²) in [4.78, 5) is 25.1. The van der Waals surface area contributed by atoms with Gasteiger partial charge in [0.25, 0.3) is 0 Å². The van der Waals surface area contributed by atoms with Gasteiger partial charge in [-0.25, -0.2) is 0 Å². The highest BCUT2D eigenvalue weighted by Gasteiger charge is 2.18. The Hall–Kier alpha value is -1.89. The van der Waals surface area contributed by atoms with Crippen molar-refractivity contribution < 1.29 is 18.8 Å². The zero-order valence-electron chi connectivity index (χ0n) is 12.3. The molecule has 112 valence electrons. The molecule has 0 saturated heterocycles. The molecule has 1 aromatic rings. The van der Waals surface area contributed by atoms with Crippen LogP contribution in [0.5, 0.6) is 0 Å². The van der Waals surface area contributed by atoms with Gasteiger partial charge in [0, 0.05) is 12.1 Å². The van der Waals surface area contributed by atoms with Gasteiger partial charge in [-0.3, -0.25) is 19.8 Å². The third kappa shape index (κ3) is 5.40. The molecule has 0 aromatic carbocycles. The molecule has 0 unspecified atom stereocenters. The lowest BCUT2D eigenvalue weighted by atomic mass is 10.3. The maximum atomic E-state index is 11.9. The van der Waals surface area contributed by atoms with Crippen LogP contribution in [0.1, 0.15) is 26.5 Å². The maximum absolute atomic E-state index is 11.9. The number of aromatic nitrogens is 1. The molecule has 0 spiro atoms. The molecular weight excluding hydrogens is 262 g/mol. The predicted molar refractivity (Wildman–Crippen MR) is 73.2 cm³/mol. The van der Waals surface area contributed by atoms with Crippen molar-refractivity contribution in [1.29, 1.82) is 0 Å². The fourth-order valence-electron chi connectivity index (χ4n) is 1.58. The van der Waals surface area contributed by atoms with Gasteiger partial charge >= 0.3 is 5.97 Å². The van der Waals surface area contributed by atoms with E-state index in [-0.39, 0.29) is 31.0 Å². The van der Waals surface area contributed by atoms with E-state index in [0.29, 0.717) is 18.2 Å². The average Bonchev–Trinajstić information content (AvgIpc) is 2.73. The van der Waals surface area contributed by atoms with Gasteiger partial charge in [0.2, 0.25) is 11.8 Å². The van der Waals surface area contributed by atoms with E-state index in [0.717, 1.165) is 0 Å². The number of hydrogen-bond donors (Lipinski definition) is 1. The number of carbonyl (C=O) groups is 2. The summed E-state index contributed by atoms with van der Waals surface area (Å²) in [6, 6.07) is 1.67. The van der Waals surface area contributed by atoms with E-state index in [1.54, 1.807) is 24.8 Å². The number of aryl methyl sites for hydroxylation is 1. The monoisotopic (exact) mass is 283 g/mol. The standard InChI is InChI=1S/C13H21N3O4/c1-5-19-13(18)8-16(9(2)3)7-11(17)14-12-6-10(4)15-20-12/h6,9H,5,7-8H2,1-4H3,(H,14,17). The molecule has 0 bridgehead atoms. The number of nitrogens with zero attached hydrogens (tertiary/aromatic N) is 2. The maximum Gasteiger partial charge on any atom is 0.320 e. The molecule has 7 nitrogen and oxygen atoms in total. The van der Waals surface area contributed by atoms with Crippen LogP contribution in [0.3, 0.4) is 0 Å². The van der Waals surface area contributed by atoms with Crippen LogP contribution in [0.15, 0.2) is 10.6 Å². The predicted octanol–water partition coefficient (Wildman–Crippen LogP) is 1.20. The van der Waals surface area contributed by atoms with Crippen molar-refractivity contribution in [2.75, 3.05) is 25.0 Å². The molecule has 7 heteroatoms. The van der Waals surface area contributed by atoms with Crippen molar-refractivity contribution in [1.82, 2.24) is 10.1 Å². The minimum Gasteiger partial charge on any atom is -0.465 e. The van der Waals surface area contributed by atoms with Crippen LogP contribution in [-0.4, -0.2) is 47.7 Å². The van der Waals surface area contributed by atoms with Crippen LogP contribution in [0.25, 0.3) is 0 Å². The first-order chi connectivity index (χ1) is 9.42. The fourth-order valence-corrected chi connectivity index (χ4v) is 1.58. The lowest BCUT2D eigenvalue weighted by molar-refractivity contribution is -0.145. The largest absolute Gasteiger partial charge is 0.465 e. The van der Waals surface area contributed by atoms with Crippen molar-refractivity contribution in [3.63, 3.8) is 0 Å². The van der Waals surface area contributed by atoms with Crippen LogP contribution in [-0.2, 0) is 14.3 Å². The first kappa shape index (κ1) is 16.2. The summed E-state index contributed by atoms with van der Waals surface area (Å²) < 4.78 is 9.79. The Morgan fingerprint density at radius 1 is 1.45 bits per heavy atom. The number of nitrogens with one attached hydrogen (secondary N) is 1. The molecule has 1 aromatic heterocycles. The number of rotatable bonds is 7. The third-order valence-electron chi connectivity index (χ3n) is 2.61. The molecule has 1 N–H and O–H groups in total. The summed E-state index contributed by atoms with van der Waals surface area (Å²) in [6.07, 6.45) is 0. The van der Waals surface area contributed by atoms with Gasteiger partial charge in [-0.2, -0.15) is 0 Å². The van der Waals surface area contributed by atoms with E-state index in [1.165, 1.54) is 0 Å². The normalized spacial score (nSPS) is 10.9. The van der Waals surface area contributed by atoms with E-state index >= 15 is 0 Å². The minimum atomic E-state index is -0.343. The molecule has 0 atom stereocenters. The van der Waals surface area contributed by atoms with Crippen molar-refractivity contribution in [2.24, 2.45) is 0 Å². The number of carbonyl (C=O) groups excluding carboxylic acids is 2. The van der Waals surface area contributed by atoms with Gasteiger partial charge < -0.3 is 9.26 Å². The van der Waals surface area contributed by atoms with Crippen LogP contribution >= 0.6 is 0 Å². The quantitative estimate of drug-likeness (QED) is 0.757. The average molecular weight is 283 g/mol. The van der Waals surface area contributed by atoms with E-state index in [1.807, 2.05) is 13.8 Å². The Kier molecular flexibility index (Phi) is 6.17. The second kappa shape index (κ2) is 7.64. The lowest BCUT2D eigenvalue weighted by Crippen LogP contribution is -2.41. The number of anilines is 1. The molecule has 20 heavy (non-hydrogen) atoms. The molecule has 0 aliphatic heterocycles. The summed E-state index contributed by atoms with van der Waals surface area (Å²) in [5.74, 6) is -0.309. The first-order valence-electron chi connectivity index (χ1n) is 6.55. The van der Waals surface area contributed by atoms with Gasteiger partial charge in [0.05, 0.1) is 25.4 Å². The Morgan fingerprint density at radius 2 is 2.15 bits per heavy atom. The van der Waals surface area contributed by atoms with Gasteiger partial charge in [0.15, 0.2) is 0 Å². The lowest BCUT2D eigenvalue weighted by Gasteiger charge is -2.24. The molecular formula is C13H21N3O4. The topological polar surface area (TPSA) is 84.7 Å². The number of amides is 1. The number of ether oxygens (including phenoxy) is 1. The number of esters is 1. The second-order valence-electron chi connectivity index (χ2n) is 4.68. The zero-order chi connectivity index (χ0) is 15.1. The van der Waals surface area contributed by atoms with Crippen LogP contribution < -0.4 is 5.32 Å². The molecule has 0 saturated carbocycles. The van der Waals surface area contributed by atoms with Crippen LogP contribution in [0, 0.1) is 6.92 Å². The molecule has 1 heterocycles. The van der Waals surface area contributed by atoms with Crippen molar-refractivity contribution in [3.8, 4) is 0 Å². The Bertz CT molecular complexity index is 456. The SMILES string of the molecule is CCOC(=O)CN(CC(=O)Nc1cc(C)no1)C(C)C. The van der Waals surface area contributed by atoms with Crippen molar-refractivity contribution in [3.05, 3.63) is 11.8 Å². The minimum absolute atomic E-state index is 0.0432. The van der Waals surface area contributed by atoms with Crippen LogP contribution in [0.4, 0.5) is 5.88 Å². The Balaban J connectivity index is 2.52. The molecule has 0 fully saturated rings. The van der Waals surface area contributed by atoms with E-state index < -0.39 is 0 Å². The van der Waals surface area contributed by atoms with E-state index in [4.69, 9.17) is 9.26 Å². The molecule has 1 amide bonds. The Labute approximate surface area is 118 Å². The summed E-state index contributed by atoms with van der Waals surface area (Å²) in [5.41, 5.74) is 0.688. The smallest absolute Gasteiger partial charge is 0.320 e. The van der Waals surface area contributed by atoms with Crippen molar-refractivity contribution >= 4 is 17.8 Å².